The Balaban J connectivity index is 1.76. The van der Waals surface area contributed by atoms with E-state index in [0.717, 1.165) is 5.75 Å². The topological polar surface area (TPSA) is 9.23 Å². The van der Waals surface area contributed by atoms with Gasteiger partial charge in [-0.05, 0) is 65.3 Å². The third-order valence-corrected chi connectivity index (χ3v) is 9.16. The quantitative estimate of drug-likeness (QED) is 0.211. The molecule has 0 spiro atoms. The van der Waals surface area contributed by atoms with E-state index in [1.54, 1.807) is 0 Å². The van der Waals surface area contributed by atoms with Gasteiger partial charge >= 0.3 is 0 Å². The van der Waals surface area contributed by atoms with Crippen molar-refractivity contribution in [3.05, 3.63) is 133 Å². The summed E-state index contributed by atoms with van der Waals surface area (Å²) in [6.45, 7) is 4.20. The third kappa shape index (κ3) is 4.52. The van der Waals surface area contributed by atoms with E-state index in [-0.39, 0.29) is 6.10 Å². The van der Waals surface area contributed by atoms with Gasteiger partial charge in [-0.25, -0.2) is 0 Å². The van der Waals surface area contributed by atoms with Gasteiger partial charge in [0, 0.05) is 11.1 Å². The predicted octanol–water partition coefficient (Wildman–Crippen LogP) is 8.21. The molecule has 180 valence electrons. The maximum Gasteiger partial charge on any atom is 0.128 e. The van der Waals surface area contributed by atoms with Crippen molar-refractivity contribution in [2.75, 3.05) is 0 Å². The van der Waals surface area contributed by atoms with Crippen molar-refractivity contribution in [3.8, 4) is 16.9 Å². The van der Waals surface area contributed by atoms with Gasteiger partial charge in [0.2, 0.25) is 0 Å². The molecule has 0 atom stereocenters. The lowest BCUT2D eigenvalue weighted by Gasteiger charge is -2.26. The lowest BCUT2D eigenvalue weighted by molar-refractivity contribution is 0.244. The summed E-state index contributed by atoms with van der Waals surface area (Å²) in [5.41, 5.74) is 2.45. The molecule has 0 saturated carbocycles. The van der Waals surface area contributed by atoms with Crippen LogP contribution in [-0.4, -0.2) is 6.10 Å². The Bertz CT molecular complexity index is 1630. The molecule has 6 aromatic rings. The average Bonchev–Trinajstić information content (AvgIpc) is 2.94. The van der Waals surface area contributed by atoms with Crippen molar-refractivity contribution >= 4 is 45.4 Å². The molecule has 0 aliphatic rings. The van der Waals surface area contributed by atoms with E-state index in [1.807, 2.05) is 0 Å². The molecule has 0 aliphatic carbocycles. The van der Waals surface area contributed by atoms with E-state index in [2.05, 4.69) is 147 Å². The van der Waals surface area contributed by atoms with Crippen molar-refractivity contribution in [2.45, 2.75) is 20.0 Å². The summed E-state index contributed by atoms with van der Waals surface area (Å²) < 4.78 is 6.51. The van der Waals surface area contributed by atoms with E-state index >= 15 is 0 Å². The first-order valence-electron chi connectivity index (χ1n) is 12.8. The van der Waals surface area contributed by atoms with Crippen molar-refractivity contribution in [1.82, 2.24) is 0 Å². The van der Waals surface area contributed by atoms with Crippen LogP contribution in [0, 0.1) is 0 Å². The second-order valence-corrected chi connectivity index (χ2v) is 11.7. The summed E-state index contributed by atoms with van der Waals surface area (Å²) in [6, 6.07) is 48.3. The maximum absolute atomic E-state index is 6.51. The van der Waals surface area contributed by atoms with Crippen molar-refractivity contribution < 1.29 is 4.74 Å². The van der Waals surface area contributed by atoms with E-state index in [1.165, 1.54) is 48.6 Å². The minimum atomic E-state index is -0.807. The van der Waals surface area contributed by atoms with Crippen LogP contribution in [0.4, 0.5) is 0 Å². The average molecular weight is 497 g/mol. The van der Waals surface area contributed by atoms with Crippen LogP contribution in [0.25, 0.3) is 32.7 Å². The summed E-state index contributed by atoms with van der Waals surface area (Å²) in [5, 5.41) is 8.95. The highest BCUT2D eigenvalue weighted by Crippen LogP contribution is 2.45. The Hall–Kier alpha value is -3.93. The molecule has 0 aromatic heterocycles. The zero-order chi connectivity index (χ0) is 25.2. The maximum atomic E-state index is 6.51. The SMILES string of the molecule is CC(C)Oc1ccc2ccccc2c1-c1c(P(c2ccccc2)c2ccccc2)ccc2ccccc12. The minimum Gasteiger partial charge on any atom is -0.490 e. The molecule has 0 fully saturated rings. The number of hydrogen-bond donors (Lipinski definition) is 0. The lowest BCUT2D eigenvalue weighted by atomic mass is 9.93. The zero-order valence-corrected chi connectivity index (χ0v) is 22.0. The first-order valence-corrected chi connectivity index (χ1v) is 14.2. The Morgan fingerprint density at radius 2 is 0.973 bits per heavy atom. The largest absolute Gasteiger partial charge is 0.490 e. The van der Waals surface area contributed by atoms with Crippen LogP contribution >= 0.6 is 7.92 Å². The Labute approximate surface area is 220 Å². The predicted molar refractivity (Wildman–Crippen MR) is 161 cm³/mol. The highest BCUT2D eigenvalue weighted by molar-refractivity contribution is 7.80. The van der Waals surface area contributed by atoms with Crippen LogP contribution in [0.2, 0.25) is 0 Å². The third-order valence-electron chi connectivity index (χ3n) is 6.68. The normalized spacial score (nSPS) is 11.5. The molecule has 37 heavy (non-hydrogen) atoms. The monoisotopic (exact) mass is 496 g/mol. The summed E-state index contributed by atoms with van der Waals surface area (Å²) in [5.74, 6) is 0.933. The summed E-state index contributed by atoms with van der Waals surface area (Å²) >= 11 is 0. The smallest absolute Gasteiger partial charge is 0.128 e. The second-order valence-electron chi connectivity index (χ2n) is 9.51. The Morgan fingerprint density at radius 3 is 1.54 bits per heavy atom. The number of rotatable bonds is 6. The van der Waals surface area contributed by atoms with Crippen molar-refractivity contribution in [1.29, 1.82) is 0 Å². The van der Waals surface area contributed by atoms with Crippen molar-refractivity contribution in [3.63, 3.8) is 0 Å². The lowest BCUT2D eigenvalue weighted by Crippen LogP contribution is -2.22. The number of benzene rings is 6. The van der Waals surface area contributed by atoms with Crippen LogP contribution in [-0.2, 0) is 0 Å². The van der Waals surface area contributed by atoms with Gasteiger partial charge < -0.3 is 4.74 Å². The first-order chi connectivity index (χ1) is 18.2. The minimum absolute atomic E-state index is 0.0723. The first kappa shape index (κ1) is 23.5. The van der Waals surface area contributed by atoms with Crippen molar-refractivity contribution in [2.24, 2.45) is 0 Å². The van der Waals surface area contributed by atoms with Gasteiger partial charge in [-0.15, -0.1) is 0 Å². The number of hydrogen-bond acceptors (Lipinski definition) is 1. The summed E-state index contributed by atoms with van der Waals surface area (Å²) in [6.07, 6.45) is 0.0723. The van der Waals surface area contributed by atoms with Crippen LogP contribution in [0.1, 0.15) is 13.8 Å². The fraction of sp³-hybridized carbons (Fsp3) is 0.0857. The molecular formula is C35H29OP. The van der Waals surface area contributed by atoms with Gasteiger partial charge in [-0.2, -0.15) is 0 Å². The molecule has 0 heterocycles. The highest BCUT2D eigenvalue weighted by Gasteiger charge is 2.25. The van der Waals surface area contributed by atoms with Crippen LogP contribution in [0.3, 0.4) is 0 Å². The molecule has 1 nitrogen and oxygen atoms in total. The zero-order valence-electron chi connectivity index (χ0n) is 21.1. The fourth-order valence-corrected chi connectivity index (χ4v) is 7.63. The van der Waals surface area contributed by atoms with E-state index in [9.17, 15) is 0 Å². The van der Waals surface area contributed by atoms with Crippen LogP contribution < -0.4 is 20.7 Å². The molecule has 0 aliphatic heterocycles. The summed E-state index contributed by atoms with van der Waals surface area (Å²) in [7, 11) is -0.807. The fourth-order valence-electron chi connectivity index (χ4n) is 5.15. The van der Waals surface area contributed by atoms with E-state index < -0.39 is 7.92 Å². The standard InChI is InChI=1S/C35H29OP/c1-25(2)36-32-23-21-26-13-9-11-19-30(26)34(32)35-31-20-12-10-14-27(31)22-24-33(35)37(28-15-5-3-6-16-28)29-17-7-4-8-18-29/h3-25H,1-2H3. The van der Waals surface area contributed by atoms with Gasteiger partial charge in [0.05, 0.1) is 6.10 Å². The molecule has 6 aromatic carbocycles. The van der Waals surface area contributed by atoms with Gasteiger partial charge in [0.15, 0.2) is 0 Å². The molecule has 0 amide bonds. The summed E-state index contributed by atoms with van der Waals surface area (Å²) in [4.78, 5) is 0. The molecule has 0 N–H and O–H groups in total. The molecular weight excluding hydrogens is 467 g/mol. The molecule has 6 rings (SSSR count). The number of ether oxygens (including phenoxy) is 1. The highest BCUT2D eigenvalue weighted by atomic mass is 31.1. The second kappa shape index (κ2) is 10.2. The van der Waals surface area contributed by atoms with Gasteiger partial charge in [-0.1, -0.05) is 127 Å². The van der Waals surface area contributed by atoms with Gasteiger partial charge in [0.25, 0.3) is 0 Å². The van der Waals surface area contributed by atoms with E-state index in [0.29, 0.717) is 0 Å². The number of fused-ring (bicyclic) bond motifs is 2. The Kier molecular flexibility index (Phi) is 6.47. The van der Waals surface area contributed by atoms with Crippen LogP contribution in [0.15, 0.2) is 133 Å². The van der Waals surface area contributed by atoms with Gasteiger partial charge in [-0.3, -0.25) is 0 Å². The Morgan fingerprint density at radius 1 is 0.486 bits per heavy atom. The molecule has 0 unspecified atom stereocenters. The molecule has 0 bridgehead atoms. The van der Waals surface area contributed by atoms with Crippen LogP contribution in [0.5, 0.6) is 5.75 Å². The van der Waals surface area contributed by atoms with Gasteiger partial charge in [0.1, 0.15) is 5.75 Å². The molecule has 0 saturated heterocycles. The molecule has 2 heteroatoms. The van der Waals surface area contributed by atoms with E-state index in [4.69, 9.17) is 4.74 Å². The molecule has 0 radical (unpaired) electrons.